The molecule has 1 aromatic carbocycles. The molecule has 0 amide bonds. The standard InChI is InChI=1S/C18H14N2O2/c1-12-14(17-7-3-5-9-20-17)10-13(11-15(12)18(21)22)16-6-2-4-8-19-16/h2-11H,1H3,(H,21,22). The van der Waals surface area contributed by atoms with Crippen molar-refractivity contribution in [3.05, 3.63) is 72.1 Å². The zero-order chi connectivity index (χ0) is 15.5. The molecule has 108 valence electrons. The third-order valence-corrected chi connectivity index (χ3v) is 3.54. The Morgan fingerprint density at radius 2 is 1.59 bits per heavy atom. The first-order valence-electron chi connectivity index (χ1n) is 6.87. The summed E-state index contributed by atoms with van der Waals surface area (Å²) in [5, 5.41) is 9.47. The highest BCUT2D eigenvalue weighted by Gasteiger charge is 2.15. The van der Waals surface area contributed by atoms with Crippen molar-refractivity contribution in [2.75, 3.05) is 0 Å². The Kier molecular flexibility index (Phi) is 3.66. The smallest absolute Gasteiger partial charge is 0.335 e. The second kappa shape index (κ2) is 5.77. The SMILES string of the molecule is Cc1c(C(=O)O)cc(-c2ccccn2)cc1-c1ccccn1. The molecule has 0 aliphatic rings. The normalized spacial score (nSPS) is 10.4. The molecular weight excluding hydrogens is 276 g/mol. The molecule has 2 heterocycles. The number of carboxylic acids is 1. The van der Waals surface area contributed by atoms with Gasteiger partial charge in [-0.15, -0.1) is 0 Å². The van der Waals surface area contributed by atoms with Crippen LogP contribution in [0.5, 0.6) is 0 Å². The first-order chi connectivity index (χ1) is 10.7. The molecule has 3 aromatic rings. The summed E-state index contributed by atoms with van der Waals surface area (Å²) in [7, 11) is 0. The summed E-state index contributed by atoms with van der Waals surface area (Å²) in [4.78, 5) is 20.2. The van der Waals surface area contributed by atoms with Crippen LogP contribution in [0.25, 0.3) is 22.5 Å². The quantitative estimate of drug-likeness (QED) is 0.796. The van der Waals surface area contributed by atoms with E-state index in [1.54, 1.807) is 25.4 Å². The molecule has 22 heavy (non-hydrogen) atoms. The maximum atomic E-state index is 11.5. The van der Waals surface area contributed by atoms with Gasteiger partial charge in [0.15, 0.2) is 0 Å². The van der Waals surface area contributed by atoms with Crippen LogP contribution in [0.1, 0.15) is 15.9 Å². The summed E-state index contributed by atoms with van der Waals surface area (Å²) in [6.45, 7) is 1.80. The average Bonchev–Trinajstić information content (AvgIpc) is 2.56. The lowest BCUT2D eigenvalue weighted by Crippen LogP contribution is -2.03. The van der Waals surface area contributed by atoms with Crippen molar-refractivity contribution >= 4 is 5.97 Å². The van der Waals surface area contributed by atoms with Gasteiger partial charge in [0.2, 0.25) is 0 Å². The van der Waals surface area contributed by atoms with E-state index in [2.05, 4.69) is 9.97 Å². The van der Waals surface area contributed by atoms with Gasteiger partial charge < -0.3 is 5.11 Å². The van der Waals surface area contributed by atoms with Crippen molar-refractivity contribution in [2.24, 2.45) is 0 Å². The second-order valence-corrected chi connectivity index (χ2v) is 4.93. The van der Waals surface area contributed by atoms with Crippen LogP contribution in [0.4, 0.5) is 0 Å². The number of carboxylic acid groups (broad SMARTS) is 1. The number of hydrogen-bond acceptors (Lipinski definition) is 3. The third kappa shape index (κ3) is 2.59. The third-order valence-electron chi connectivity index (χ3n) is 3.54. The lowest BCUT2D eigenvalue weighted by atomic mass is 9.95. The summed E-state index contributed by atoms with van der Waals surface area (Å²) < 4.78 is 0. The Balaban J connectivity index is 2.26. The van der Waals surface area contributed by atoms with Gasteiger partial charge in [-0.3, -0.25) is 9.97 Å². The molecule has 3 rings (SSSR count). The Bertz CT molecular complexity index is 815. The minimum absolute atomic E-state index is 0.267. The van der Waals surface area contributed by atoms with Crippen molar-refractivity contribution in [3.63, 3.8) is 0 Å². The van der Waals surface area contributed by atoms with Crippen LogP contribution in [0.3, 0.4) is 0 Å². The summed E-state index contributed by atoms with van der Waals surface area (Å²) in [6.07, 6.45) is 3.39. The molecule has 0 saturated carbocycles. The van der Waals surface area contributed by atoms with E-state index >= 15 is 0 Å². The van der Waals surface area contributed by atoms with E-state index in [1.165, 1.54) is 0 Å². The Hall–Kier alpha value is -3.01. The van der Waals surface area contributed by atoms with E-state index in [1.807, 2.05) is 42.5 Å². The fourth-order valence-corrected chi connectivity index (χ4v) is 2.41. The van der Waals surface area contributed by atoms with Gasteiger partial charge in [0.25, 0.3) is 0 Å². The van der Waals surface area contributed by atoms with Gasteiger partial charge in [-0.05, 0) is 48.9 Å². The first-order valence-corrected chi connectivity index (χ1v) is 6.87. The van der Waals surface area contributed by atoms with E-state index in [9.17, 15) is 9.90 Å². The lowest BCUT2D eigenvalue weighted by Gasteiger charge is -2.12. The molecule has 0 radical (unpaired) electrons. The fourth-order valence-electron chi connectivity index (χ4n) is 2.41. The van der Waals surface area contributed by atoms with Gasteiger partial charge >= 0.3 is 5.97 Å². The molecule has 0 saturated heterocycles. The minimum Gasteiger partial charge on any atom is -0.478 e. The van der Waals surface area contributed by atoms with Crippen LogP contribution >= 0.6 is 0 Å². The maximum absolute atomic E-state index is 11.5. The van der Waals surface area contributed by atoms with E-state index in [-0.39, 0.29) is 5.56 Å². The minimum atomic E-state index is -0.951. The zero-order valence-corrected chi connectivity index (χ0v) is 12.0. The number of benzene rings is 1. The van der Waals surface area contributed by atoms with Gasteiger partial charge in [0.05, 0.1) is 17.0 Å². The fraction of sp³-hybridized carbons (Fsp3) is 0.0556. The second-order valence-electron chi connectivity index (χ2n) is 4.93. The number of aromatic nitrogens is 2. The zero-order valence-electron chi connectivity index (χ0n) is 12.0. The molecule has 4 heteroatoms. The van der Waals surface area contributed by atoms with E-state index in [0.717, 1.165) is 22.5 Å². The summed E-state index contributed by atoms with van der Waals surface area (Å²) in [5.74, 6) is -0.951. The molecule has 0 aliphatic heterocycles. The largest absolute Gasteiger partial charge is 0.478 e. The Morgan fingerprint density at radius 3 is 2.14 bits per heavy atom. The Labute approximate surface area is 128 Å². The number of rotatable bonds is 3. The van der Waals surface area contributed by atoms with E-state index in [0.29, 0.717) is 5.56 Å². The van der Waals surface area contributed by atoms with Gasteiger partial charge in [0.1, 0.15) is 0 Å². The first kappa shape index (κ1) is 13.9. The van der Waals surface area contributed by atoms with Gasteiger partial charge in [-0.25, -0.2) is 4.79 Å². The highest BCUT2D eigenvalue weighted by molar-refractivity contribution is 5.94. The molecule has 0 fully saturated rings. The molecule has 4 nitrogen and oxygen atoms in total. The van der Waals surface area contributed by atoms with Crippen LogP contribution in [-0.2, 0) is 0 Å². The highest BCUT2D eigenvalue weighted by Crippen LogP contribution is 2.30. The van der Waals surface area contributed by atoms with Crippen molar-refractivity contribution in [2.45, 2.75) is 6.92 Å². The lowest BCUT2D eigenvalue weighted by molar-refractivity contribution is 0.0696. The summed E-state index contributed by atoms with van der Waals surface area (Å²) in [6, 6.07) is 14.8. The van der Waals surface area contributed by atoms with E-state index < -0.39 is 5.97 Å². The highest BCUT2D eigenvalue weighted by atomic mass is 16.4. The van der Waals surface area contributed by atoms with Crippen molar-refractivity contribution < 1.29 is 9.90 Å². The number of aromatic carboxylic acids is 1. The predicted molar refractivity (Wildman–Crippen MR) is 84.6 cm³/mol. The van der Waals surface area contributed by atoms with Crippen LogP contribution in [0.15, 0.2) is 60.9 Å². The number of pyridine rings is 2. The molecule has 0 atom stereocenters. The summed E-state index contributed by atoms with van der Waals surface area (Å²) in [5.41, 5.74) is 4.03. The van der Waals surface area contributed by atoms with Gasteiger partial charge in [-0.1, -0.05) is 12.1 Å². The molecule has 0 unspecified atom stereocenters. The van der Waals surface area contributed by atoms with Crippen LogP contribution < -0.4 is 0 Å². The monoisotopic (exact) mass is 290 g/mol. The van der Waals surface area contributed by atoms with Crippen LogP contribution in [0, 0.1) is 6.92 Å². The molecular formula is C18H14N2O2. The molecule has 0 bridgehead atoms. The molecule has 2 aromatic heterocycles. The number of carbonyl (C=O) groups is 1. The van der Waals surface area contributed by atoms with Crippen molar-refractivity contribution in [3.8, 4) is 22.5 Å². The molecule has 0 aliphatic carbocycles. The van der Waals surface area contributed by atoms with Crippen LogP contribution in [0.2, 0.25) is 0 Å². The van der Waals surface area contributed by atoms with Crippen LogP contribution in [-0.4, -0.2) is 21.0 Å². The molecule has 0 spiro atoms. The van der Waals surface area contributed by atoms with Crippen molar-refractivity contribution in [1.82, 2.24) is 9.97 Å². The van der Waals surface area contributed by atoms with Gasteiger partial charge in [0, 0.05) is 23.5 Å². The Morgan fingerprint density at radius 1 is 0.955 bits per heavy atom. The average molecular weight is 290 g/mol. The summed E-state index contributed by atoms with van der Waals surface area (Å²) >= 11 is 0. The topological polar surface area (TPSA) is 63.1 Å². The predicted octanol–water partition coefficient (Wildman–Crippen LogP) is 3.82. The number of hydrogen-bond donors (Lipinski definition) is 1. The van der Waals surface area contributed by atoms with Crippen molar-refractivity contribution in [1.29, 1.82) is 0 Å². The molecule has 1 N–H and O–H groups in total. The maximum Gasteiger partial charge on any atom is 0.335 e. The van der Waals surface area contributed by atoms with E-state index in [4.69, 9.17) is 0 Å². The van der Waals surface area contributed by atoms with Gasteiger partial charge in [-0.2, -0.15) is 0 Å². The number of nitrogens with zero attached hydrogens (tertiary/aromatic N) is 2.